The predicted molar refractivity (Wildman–Crippen MR) is 116 cm³/mol. The Labute approximate surface area is 175 Å². The maximum absolute atomic E-state index is 12.5. The number of carbonyl (C=O) groups excluding carboxylic acids is 2. The van der Waals surface area contributed by atoms with E-state index in [9.17, 15) is 9.59 Å². The number of piperazine rings is 1. The molecule has 2 amide bonds. The molecule has 2 rings (SSSR count). The summed E-state index contributed by atoms with van der Waals surface area (Å²) in [4.78, 5) is 31.1. The van der Waals surface area contributed by atoms with Crippen molar-refractivity contribution in [1.29, 1.82) is 0 Å². The second kappa shape index (κ2) is 12.5. The zero-order chi connectivity index (χ0) is 21.1. The van der Waals surface area contributed by atoms with Crippen molar-refractivity contribution in [2.45, 2.75) is 52.5 Å². The minimum atomic E-state index is 0.180. The minimum absolute atomic E-state index is 0.180. The summed E-state index contributed by atoms with van der Waals surface area (Å²) in [7, 11) is 1.67. The molecule has 1 aromatic rings. The van der Waals surface area contributed by atoms with E-state index >= 15 is 0 Å². The molecule has 6 nitrogen and oxygen atoms in total. The van der Waals surface area contributed by atoms with Crippen molar-refractivity contribution in [1.82, 2.24) is 14.7 Å². The Morgan fingerprint density at radius 1 is 0.966 bits per heavy atom. The van der Waals surface area contributed by atoms with Crippen molar-refractivity contribution < 1.29 is 14.3 Å². The second-order valence-electron chi connectivity index (χ2n) is 7.74. The first kappa shape index (κ1) is 23.2. The van der Waals surface area contributed by atoms with Crippen LogP contribution in [0.3, 0.4) is 0 Å². The SMILES string of the molecule is CCCN(CCC)C(=O)CCCC(=O)N1CCN(Cc2ccc(OC)cc2)CC1. The first-order valence-electron chi connectivity index (χ1n) is 11.0. The summed E-state index contributed by atoms with van der Waals surface area (Å²) < 4.78 is 5.20. The minimum Gasteiger partial charge on any atom is -0.497 e. The van der Waals surface area contributed by atoms with Crippen LogP contribution in [-0.2, 0) is 16.1 Å². The summed E-state index contributed by atoms with van der Waals surface area (Å²) in [5, 5.41) is 0. The Morgan fingerprint density at radius 3 is 2.14 bits per heavy atom. The lowest BCUT2D eigenvalue weighted by molar-refractivity contribution is -0.134. The van der Waals surface area contributed by atoms with Crippen LogP contribution in [0.4, 0.5) is 0 Å². The molecule has 162 valence electrons. The summed E-state index contributed by atoms with van der Waals surface area (Å²) >= 11 is 0. The fraction of sp³-hybridized carbons (Fsp3) is 0.652. The molecule has 0 aromatic heterocycles. The van der Waals surface area contributed by atoms with Crippen LogP contribution in [0.2, 0.25) is 0 Å². The molecular weight excluding hydrogens is 366 g/mol. The molecule has 1 aliphatic heterocycles. The Bertz CT molecular complexity index is 619. The molecular formula is C23H37N3O3. The van der Waals surface area contributed by atoms with E-state index in [2.05, 4.69) is 30.9 Å². The maximum Gasteiger partial charge on any atom is 0.222 e. The van der Waals surface area contributed by atoms with Gasteiger partial charge in [-0.25, -0.2) is 0 Å². The zero-order valence-electron chi connectivity index (χ0n) is 18.4. The normalized spacial score (nSPS) is 14.7. The summed E-state index contributed by atoms with van der Waals surface area (Å²) in [5.41, 5.74) is 1.26. The van der Waals surface area contributed by atoms with Gasteiger partial charge in [-0.05, 0) is 37.0 Å². The number of nitrogens with zero attached hydrogens (tertiary/aromatic N) is 3. The topological polar surface area (TPSA) is 53.1 Å². The first-order chi connectivity index (χ1) is 14.1. The molecule has 0 radical (unpaired) electrons. The van der Waals surface area contributed by atoms with Crippen molar-refractivity contribution in [3.8, 4) is 5.75 Å². The quantitative estimate of drug-likeness (QED) is 0.570. The molecule has 0 spiro atoms. The zero-order valence-corrected chi connectivity index (χ0v) is 18.4. The van der Waals surface area contributed by atoms with Gasteiger partial charge in [0.05, 0.1) is 7.11 Å². The van der Waals surface area contributed by atoms with Crippen LogP contribution >= 0.6 is 0 Å². The van der Waals surface area contributed by atoms with Gasteiger partial charge in [0.15, 0.2) is 0 Å². The van der Waals surface area contributed by atoms with Gasteiger partial charge < -0.3 is 14.5 Å². The number of rotatable bonds is 11. The fourth-order valence-electron chi connectivity index (χ4n) is 3.75. The van der Waals surface area contributed by atoms with Crippen LogP contribution in [0.1, 0.15) is 51.5 Å². The number of carbonyl (C=O) groups is 2. The lowest BCUT2D eigenvalue weighted by atomic mass is 10.1. The third kappa shape index (κ3) is 7.69. The third-order valence-corrected chi connectivity index (χ3v) is 5.41. The number of benzene rings is 1. The van der Waals surface area contributed by atoms with Crippen molar-refractivity contribution >= 4 is 11.8 Å². The average molecular weight is 404 g/mol. The van der Waals surface area contributed by atoms with Gasteiger partial charge in [-0.1, -0.05) is 26.0 Å². The summed E-state index contributed by atoms with van der Waals surface area (Å²) in [6, 6.07) is 8.15. The number of amides is 2. The van der Waals surface area contributed by atoms with Gasteiger partial charge in [0.2, 0.25) is 11.8 Å². The lowest BCUT2D eigenvalue weighted by Crippen LogP contribution is -2.48. The first-order valence-corrected chi connectivity index (χ1v) is 11.0. The van der Waals surface area contributed by atoms with Gasteiger partial charge in [-0.2, -0.15) is 0 Å². The van der Waals surface area contributed by atoms with Crippen LogP contribution < -0.4 is 4.74 Å². The molecule has 29 heavy (non-hydrogen) atoms. The van der Waals surface area contributed by atoms with Crippen molar-refractivity contribution in [2.24, 2.45) is 0 Å². The van der Waals surface area contributed by atoms with E-state index < -0.39 is 0 Å². The van der Waals surface area contributed by atoms with Gasteiger partial charge in [0.25, 0.3) is 0 Å². The van der Waals surface area contributed by atoms with E-state index in [1.54, 1.807) is 7.11 Å². The highest BCUT2D eigenvalue weighted by Crippen LogP contribution is 2.15. The van der Waals surface area contributed by atoms with Crippen molar-refractivity contribution in [3.63, 3.8) is 0 Å². The molecule has 6 heteroatoms. The standard InChI is InChI=1S/C23H37N3O3/c1-4-13-25(14-5-2)22(27)7-6-8-23(28)26-17-15-24(16-18-26)19-20-9-11-21(29-3)12-10-20/h9-12H,4-8,13-19H2,1-3H3. The van der Waals surface area contributed by atoms with Crippen LogP contribution in [0.15, 0.2) is 24.3 Å². The highest BCUT2D eigenvalue weighted by atomic mass is 16.5. The summed E-state index contributed by atoms with van der Waals surface area (Å²) in [6.07, 6.45) is 3.55. The Balaban J connectivity index is 1.68. The second-order valence-corrected chi connectivity index (χ2v) is 7.74. The van der Waals surface area contributed by atoms with Crippen LogP contribution in [0.25, 0.3) is 0 Å². The highest BCUT2D eigenvalue weighted by molar-refractivity contribution is 5.79. The molecule has 1 aliphatic rings. The monoisotopic (exact) mass is 403 g/mol. The third-order valence-electron chi connectivity index (χ3n) is 5.41. The van der Waals surface area contributed by atoms with E-state index in [0.29, 0.717) is 19.3 Å². The smallest absolute Gasteiger partial charge is 0.222 e. The van der Waals surface area contributed by atoms with Crippen LogP contribution in [0, 0.1) is 0 Å². The molecule has 0 unspecified atom stereocenters. The van der Waals surface area contributed by atoms with Gasteiger partial charge >= 0.3 is 0 Å². The molecule has 0 saturated carbocycles. The molecule has 0 N–H and O–H groups in total. The number of methoxy groups -OCH3 is 1. The summed E-state index contributed by atoms with van der Waals surface area (Å²) in [5.74, 6) is 1.24. The largest absolute Gasteiger partial charge is 0.497 e. The lowest BCUT2D eigenvalue weighted by Gasteiger charge is -2.35. The maximum atomic E-state index is 12.5. The molecule has 1 heterocycles. The Morgan fingerprint density at radius 2 is 1.59 bits per heavy atom. The number of hydrogen-bond donors (Lipinski definition) is 0. The van der Waals surface area contributed by atoms with Crippen molar-refractivity contribution in [3.05, 3.63) is 29.8 Å². The fourth-order valence-corrected chi connectivity index (χ4v) is 3.75. The van der Waals surface area contributed by atoms with Gasteiger partial charge in [0.1, 0.15) is 5.75 Å². The highest BCUT2D eigenvalue weighted by Gasteiger charge is 2.21. The summed E-state index contributed by atoms with van der Waals surface area (Å²) in [6.45, 7) is 10.0. The molecule has 1 fully saturated rings. The Kier molecular flexibility index (Phi) is 9.98. The van der Waals surface area contributed by atoms with E-state index in [1.807, 2.05) is 21.9 Å². The van der Waals surface area contributed by atoms with E-state index in [4.69, 9.17) is 4.74 Å². The molecule has 0 atom stereocenters. The van der Waals surface area contributed by atoms with E-state index in [-0.39, 0.29) is 11.8 Å². The molecule has 0 aliphatic carbocycles. The number of ether oxygens (including phenoxy) is 1. The molecule has 1 aromatic carbocycles. The van der Waals surface area contributed by atoms with Crippen molar-refractivity contribution in [2.75, 3.05) is 46.4 Å². The van der Waals surface area contributed by atoms with Crippen LogP contribution in [0.5, 0.6) is 5.75 Å². The Hall–Kier alpha value is -2.08. The van der Waals surface area contributed by atoms with E-state index in [0.717, 1.165) is 64.4 Å². The molecule has 0 bridgehead atoms. The van der Waals surface area contributed by atoms with Gasteiger partial charge in [-0.3, -0.25) is 14.5 Å². The van der Waals surface area contributed by atoms with E-state index in [1.165, 1.54) is 5.56 Å². The van der Waals surface area contributed by atoms with Gasteiger partial charge in [0, 0.05) is 58.7 Å². The van der Waals surface area contributed by atoms with Gasteiger partial charge in [-0.15, -0.1) is 0 Å². The molecule has 1 saturated heterocycles. The predicted octanol–water partition coefficient (Wildman–Crippen LogP) is 3.16. The van der Waals surface area contributed by atoms with Crippen LogP contribution in [-0.4, -0.2) is 72.9 Å². The average Bonchev–Trinajstić information content (AvgIpc) is 2.74. The number of hydrogen-bond acceptors (Lipinski definition) is 4.